The lowest BCUT2D eigenvalue weighted by Crippen LogP contribution is -2.27. The van der Waals surface area contributed by atoms with E-state index < -0.39 is 0 Å². The number of fused-ring (bicyclic) bond motifs is 1. The van der Waals surface area contributed by atoms with E-state index in [1.807, 2.05) is 0 Å². The second-order valence-corrected chi connectivity index (χ2v) is 6.41. The summed E-state index contributed by atoms with van der Waals surface area (Å²) in [5, 5.41) is 3.80. The van der Waals surface area contributed by atoms with Crippen molar-refractivity contribution in [2.75, 3.05) is 0 Å². The molecular formula is C18H20BrN. The van der Waals surface area contributed by atoms with E-state index in [0.717, 1.165) is 0 Å². The quantitative estimate of drug-likeness (QED) is 0.818. The summed E-state index contributed by atoms with van der Waals surface area (Å²) in [4.78, 5) is 0. The molecule has 0 heterocycles. The molecule has 0 spiro atoms. The molecule has 1 aliphatic rings. The number of aryl methyl sites for hydroxylation is 1. The Morgan fingerprint density at radius 1 is 1.10 bits per heavy atom. The van der Waals surface area contributed by atoms with Gasteiger partial charge in [-0.2, -0.15) is 0 Å². The monoisotopic (exact) mass is 329 g/mol. The first-order valence-corrected chi connectivity index (χ1v) is 8.13. The summed E-state index contributed by atoms with van der Waals surface area (Å²) in [5.74, 6) is 0. The van der Waals surface area contributed by atoms with E-state index in [9.17, 15) is 0 Å². The normalized spacial score (nSPS) is 19.4. The Hall–Kier alpha value is -1.12. The van der Waals surface area contributed by atoms with Crippen molar-refractivity contribution in [2.45, 2.75) is 38.3 Å². The van der Waals surface area contributed by atoms with Crippen LogP contribution in [0.4, 0.5) is 0 Å². The van der Waals surface area contributed by atoms with Crippen LogP contribution in [-0.4, -0.2) is 0 Å². The minimum absolute atomic E-state index is 0.349. The van der Waals surface area contributed by atoms with E-state index in [4.69, 9.17) is 0 Å². The summed E-state index contributed by atoms with van der Waals surface area (Å²) in [5.41, 5.74) is 4.32. The van der Waals surface area contributed by atoms with Gasteiger partial charge in [-0.25, -0.2) is 0 Å². The van der Waals surface area contributed by atoms with Crippen molar-refractivity contribution < 1.29 is 0 Å². The standard InChI is InChI=1S/C18H20BrN/c1-13(15-9-4-5-11-17(15)19)20-18-12-6-8-14-7-2-3-10-16(14)18/h2-5,7,9-11,13,18,20H,6,8,12H2,1H3. The lowest BCUT2D eigenvalue weighted by atomic mass is 9.87. The molecule has 1 nitrogen and oxygen atoms in total. The van der Waals surface area contributed by atoms with Crippen LogP contribution in [0.25, 0.3) is 0 Å². The molecule has 3 rings (SSSR count). The van der Waals surface area contributed by atoms with Crippen LogP contribution in [0.2, 0.25) is 0 Å². The Balaban J connectivity index is 1.81. The molecule has 0 saturated carbocycles. The zero-order chi connectivity index (χ0) is 13.9. The highest BCUT2D eigenvalue weighted by molar-refractivity contribution is 9.10. The van der Waals surface area contributed by atoms with Crippen molar-refractivity contribution in [3.8, 4) is 0 Å². The van der Waals surface area contributed by atoms with Gasteiger partial charge in [-0.15, -0.1) is 0 Å². The van der Waals surface area contributed by atoms with Gasteiger partial charge in [0.1, 0.15) is 0 Å². The Bertz CT molecular complexity index is 593. The smallest absolute Gasteiger partial charge is 0.0328 e. The highest BCUT2D eigenvalue weighted by atomic mass is 79.9. The number of rotatable bonds is 3. The lowest BCUT2D eigenvalue weighted by molar-refractivity contribution is 0.415. The zero-order valence-corrected chi connectivity index (χ0v) is 13.4. The number of benzene rings is 2. The van der Waals surface area contributed by atoms with Crippen molar-refractivity contribution in [3.05, 3.63) is 69.7 Å². The Morgan fingerprint density at radius 3 is 2.70 bits per heavy atom. The summed E-state index contributed by atoms with van der Waals surface area (Å²) in [6.07, 6.45) is 3.72. The van der Waals surface area contributed by atoms with Crippen LogP contribution in [-0.2, 0) is 6.42 Å². The predicted octanol–water partition coefficient (Wildman–Crippen LogP) is 5.18. The molecular weight excluding hydrogens is 310 g/mol. The van der Waals surface area contributed by atoms with E-state index in [-0.39, 0.29) is 0 Å². The molecule has 104 valence electrons. The molecule has 0 fully saturated rings. The predicted molar refractivity (Wildman–Crippen MR) is 87.8 cm³/mol. The maximum atomic E-state index is 3.80. The Labute approximate surface area is 129 Å². The third-order valence-corrected chi connectivity index (χ3v) is 4.91. The fraction of sp³-hybridized carbons (Fsp3) is 0.333. The minimum Gasteiger partial charge on any atom is -0.303 e. The first-order valence-electron chi connectivity index (χ1n) is 7.34. The van der Waals surface area contributed by atoms with Gasteiger partial charge in [0.05, 0.1) is 0 Å². The molecule has 20 heavy (non-hydrogen) atoms. The van der Waals surface area contributed by atoms with Crippen LogP contribution in [0.1, 0.15) is 48.5 Å². The van der Waals surface area contributed by atoms with E-state index in [1.54, 1.807) is 0 Å². The van der Waals surface area contributed by atoms with E-state index in [0.29, 0.717) is 12.1 Å². The van der Waals surface area contributed by atoms with Gasteiger partial charge in [0, 0.05) is 16.6 Å². The van der Waals surface area contributed by atoms with Crippen LogP contribution in [0.5, 0.6) is 0 Å². The van der Waals surface area contributed by atoms with Crippen LogP contribution in [0.15, 0.2) is 53.0 Å². The van der Waals surface area contributed by atoms with Gasteiger partial charge >= 0.3 is 0 Å². The highest BCUT2D eigenvalue weighted by Gasteiger charge is 2.21. The van der Waals surface area contributed by atoms with Crippen molar-refractivity contribution in [2.24, 2.45) is 0 Å². The second kappa shape index (κ2) is 6.11. The molecule has 0 amide bonds. The largest absolute Gasteiger partial charge is 0.303 e. The maximum absolute atomic E-state index is 3.80. The third kappa shape index (κ3) is 2.82. The summed E-state index contributed by atoms with van der Waals surface area (Å²) in [6.45, 7) is 2.25. The molecule has 2 atom stereocenters. The average molecular weight is 330 g/mol. The molecule has 2 aromatic carbocycles. The van der Waals surface area contributed by atoms with Crippen LogP contribution in [0.3, 0.4) is 0 Å². The van der Waals surface area contributed by atoms with E-state index >= 15 is 0 Å². The fourth-order valence-electron chi connectivity index (χ4n) is 3.14. The summed E-state index contributed by atoms with van der Waals surface area (Å²) in [7, 11) is 0. The number of nitrogens with one attached hydrogen (secondary N) is 1. The zero-order valence-electron chi connectivity index (χ0n) is 11.8. The molecule has 1 N–H and O–H groups in total. The van der Waals surface area contributed by atoms with Crippen molar-refractivity contribution in [3.63, 3.8) is 0 Å². The van der Waals surface area contributed by atoms with Gasteiger partial charge in [0.2, 0.25) is 0 Å². The molecule has 0 bridgehead atoms. The van der Waals surface area contributed by atoms with Gasteiger partial charge < -0.3 is 5.32 Å². The number of hydrogen-bond donors (Lipinski definition) is 1. The number of halogens is 1. The third-order valence-electron chi connectivity index (χ3n) is 4.19. The molecule has 1 aliphatic carbocycles. The van der Waals surface area contributed by atoms with Gasteiger partial charge in [0.15, 0.2) is 0 Å². The first-order chi connectivity index (χ1) is 9.75. The SMILES string of the molecule is CC(NC1CCCc2ccccc21)c1ccccc1Br. The summed E-state index contributed by atoms with van der Waals surface area (Å²) >= 11 is 3.65. The molecule has 0 radical (unpaired) electrons. The first kappa shape index (κ1) is 13.8. The molecule has 2 unspecified atom stereocenters. The van der Waals surface area contributed by atoms with E-state index in [1.165, 1.54) is 40.4 Å². The van der Waals surface area contributed by atoms with Gasteiger partial charge in [-0.1, -0.05) is 58.4 Å². The van der Waals surface area contributed by atoms with Gasteiger partial charge in [-0.3, -0.25) is 0 Å². The van der Waals surface area contributed by atoms with E-state index in [2.05, 4.69) is 76.7 Å². The van der Waals surface area contributed by atoms with Crippen LogP contribution < -0.4 is 5.32 Å². The van der Waals surface area contributed by atoms with Crippen molar-refractivity contribution in [1.82, 2.24) is 5.32 Å². The molecule has 2 aromatic rings. The lowest BCUT2D eigenvalue weighted by Gasteiger charge is -2.29. The second-order valence-electron chi connectivity index (χ2n) is 5.55. The topological polar surface area (TPSA) is 12.0 Å². The minimum atomic E-state index is 0.349. The maximum Gasteiger partial charge on any atom is 0.0328 e. The van der Waals surface area contributed by atoms with Crippen molar-refractivity contribution in [1.29, 1.82) is 0 Å². The molecule has 2 heteroatoms. The summed E-state index contributed by atoms with van der Waals surface area (Å²) < 4.78 is 1.18. The van der Waals surface area contributed by atoms with Crippen LogP contribution in [0, 0.1) is 0 Å². The Morgan fingerprint density at radius 2 is 1.85 bits per heavy atom. The van der Waals surface area contributed by atoms with Crippen LogP contribution >= 0.6 is 15.9 Å². The molecule has 0 aromatic heterocycles. The highest BCUT2D eigenvalue weighted by Crippen LogP contribution is 2.32. The molecule has 0 aliphatic heterocycles. The van der Waals surface area contributed by atoms with Gasteiger partial charge in [0.25, 0.3) is 0 Å². The van der Waals surface area contributed by atoms with Gasteiger partial charge in [-0.05, 0) is 48.9 Å². The fourth-order valence-corrected chi connectivity index (χ4v) is 3.77. The molecule has 0 saturated heterocycles. The number of hydrogen-bond acceptors (Lipinski definition) is 1. The average Bonchev–Trinajstić information content (AvgIpc) is 2.48. The summed E-state index contributed by atoms with van der Waals surface area (Å²) in [6, 6.07) is 18.2. The Kier molecular flexibility index (Phi) is 4.23. The van der Waals surface area contributed by atoms with Crippen molar-refractivity contribution >= 4 is 15.9 Å².